The molecule has 0 aliphatic carbocycles. The number of ether oxygens (including phenoxy) is 1. The molecule has 0 bridgehead atoms. The zero-order valence-corrected chi connectivity index (χ0v) is 18.7. The van der Waals surface area contributed by atoms with Crippen molar-refractivity contribution < 1.29 is 9.53 Å². The second-order valence-electron chi connectivity index (χ2n) is 7.67. The average molecular weight is 451 g/mol. The van der Waals surface area contributed by atoms with Gasteiger partial charge in [0.25, 0.3) is 0 Å². The fourth-order valence-corrected chi connectivity index (χ4v) is 3.84. The number of nitrogens with zero attached hydrogens (tertiary/aromatic N) is 3. The first-order valence-electron chi connectivity index (χ1n) is 10.8. The average Bonchev–Trinajstić information content (AvgIpc) is 3.23. The number of amides is 1. The van der Waals surface area contributed by atoms with Gasteiger partial charge in [-0.25, -0.2) is 0 Å². The van der Waals surface area contributed by atoms with Gasteiger partial charge in [-0.3, -0.25) is 14.4 Å². The molecule has 4 rings (SSSR count). The van der Waals surface area contributed by atoms with Crippen molar-refractivity contribution in [3.63, 3.8) is 0 Å². The molecule has 0 atom stereocenters. The largest absolute Gasteiger partial charge is 0.379 e. The summed E-state index contributed by atoms with van der Waals surface area (Å²) in [6.07, 6.45) is 5.34. The first kappa shape index (κ1) is 22.3. The molecule has 1 fully saturated rings. The van der Waals surface area contributed by atoms with Crippen LogP contribution in [0, 0.1) is 0 Å². The van der Waals surface area contributed by atoms with Crippen molar-refractivity contribution in [2.75, 3.05) is 39.4 Å². The molecular weight excluding hydrogens is 424 g/mol. The number of benzene rings is 2. The lowest BCUT2D eigenvalue weighted by atomic mass is 10.1. The summed E-state index contributed by atoms with van der Waals surface area (Å²) in [6, 6.07) is 17.7. The molecule has 2 aromatic carbocycles. The van der Waals surface area contributed by atoms with E-state index in [-0.39, 0.29) is 5.91 Å². The fourth-order valence-electron chi connectivity index (χ4n) is 3.65. The van der Waals surface area contributed by atoms with Crippen molar-refractivity contribution in [2.24, 2.45) is 0 Å². The van der Waals surface area contributed by atoms with Gasteiger partial charge in [0.2, 0.25) is 5.91 Å². The monoisotopic (exact) mass is 450 g/mol. The minimum absolute atomic E-state index is 0.115. The fraction of sp³-hybridized carbons (Fsp3) is 0.280. The minimum Gasteiger partial charge on any atom is -0.379 e. The molecule has 1 amide bonds. The number of morpholine rings is 1. The summed E-state index contributed by atoms with van der Waals surface area (Å²) in [7, 11) is 0. The highest BCUT2D eigenvalue weighted by Gasteiger charge is 2.12. The van der Waals surface area contributed by atoms with Crippen molar-refractivity contribution in [2.45, 2.75) is 6.54 Å². The maximum Gasteiger partial charge on any atom is 0.244 e. The molecule has 0 saturated carbocycles. The van der Waals surface area contributed by atoms with Crippen LogP contribution in [0.15, 0.2) is 66.9 Å². The number of aromatic nitrogens is 2. The molecule has 1 aliphatic heterocycles. The highest BCUT2D eigenvalue weighted by atomic mass is 35.5. The van der Waals surface area contributed by atoms with Crippen LogP contribution in [0.2, 0.25) is 5.02 Å². The van der Waals surface area contributed by atoms with Crippen molar-refractivity contribution >= 4 is 23.6 Å². The smallest absolute Gasteiger partial charge is 0.244 e. The number of nitrogens with one attached hydrogen (secondary N) is 1. The summed E-state index contributed by atoms with van der Waals surface area (Å²) in [5.41, 5.74) is 3.70. The normalized spacial score (nSPS) is 14.7. The summed E-state index contributed by atoms with van der Waals surface area (Å²) >= 11 is 6.33. The van der Waals surface area contributed by atoms with E-state index < -0.39 is 0 Å². The standard InChI is InChI=1S/C25H27ClN4O2/c26-23-9-5-4-8-21(23)18-30-19-22(25(28-30)20-6-2-1-3-7-20)10-11-24(31)27-12-13-29-14-16-32-17-15-29/h1-11,19H,12-18H2,(H,27,31). The summed E-state index contributed by atoms with van der Waals surface area (Å²) in [6.45, 7) is 5.34. The van der Waals surface area contributed by atoms with Crippen LogP contribution in [-0.2, 0) is 16.1 Å². The molecule has 2 heterocycles. The number of carbonyl (C=O) groups excluding carboxylic acids is 1. The Hall–Kier alpha value is -2.93. The van der Waals surface area contributed by atoms with Crippen molar-refractivity contribution in [3.8, 4) is 11.3 Å². The Morgan fingerprint density at radius 3 is 2.62 bits per heavy atom. The van der Waals surface area contributed by atoms with Gasteiger partial charge in [0.05, 0.1) is 25.5 Å². The molecular formula is C25H27ClN4O2. The molecule has 1 aromatic heterocycles. The number of hydrogen-bond donors (Lipinski definition) is 1. The summed E-state index contributed by atoms with van der Waals surface area (Å²) < 4.78 is 7.21. The summed E-state index contributed by atoms with van der Waals surface area (Å²) in [4.78, 5) is 14.7. The molecule has 166 valence electrons. The van der Waals surface area contributed by atoms with E-state index in [2.05, 4.69) is 10.2 Å². The molecule has 6 nitrogen and oxygen atoms in total. The van der Waals surface area contributed by atoms with Gasteiger partial charge in [-0.05, 0) is 17.7 Å². The predicted octanol–water partition coefficient (Wildman–Crippen LogP) is 3.71. The molecule has 1 saturated heterocycles. The number of hydrogen-bond acceptors (Lipinski definition) is 4. The third kappa shape index (κ3) is 6.07. The van der Waals surface area contributed by atoms with Crippen LogP contribution in [0.4, 0.5) is 0 Å². The van der Waals surface area contributed by atoms with Gasteiger partial charge in [0.15, 0.2) is 0 Å². The maximum absolute atomic E-state index is 12.4. The summed E-state index contributed by atoms with van der Waals surface area (Å²) in [5.74, 6) is -0.115. The van der Waals surface area contributed by atoms with E-state index in [9.17, 15) is 4.79 Å². The maximum atomic E-state index is 12.4. The SMILES string of the molecule is O=C(C=Cc1cn(Cc2ccccc2Cl)nc1-c1ccccc1)NCCN1CCOCC1. The van der Waals surface area contributed by atoms with Crippen LogP contribution >= 0.6 is 11.6 Å². The van der Waals surface area contributed by atoms with Crippen molar-refractivity contribution in [3.05, 3.63) is 83.0 Å². The van der Waals surface area contributed by atoms with E-state index in [1.165, 1.54) is 0 Å². The van der Waals surface area contributed by atoms with Crippen LogP contribution in [0.3, 0.4) is 0 Å². The Kier molecular flexibility index (Phi) is 7.72. The van der Waals surface area contributed by atoms with Gasteiger partial charge in [-0.2, -0.15) is 5.10 Å². The van der Waals surface area contributed by atoms with Crippen LogP contribution in [0.5, 0.6) is 0 Å². The van der Waals surface area contributed by atoms with E-state index in [1.54, 1.807) is 6.08 Å². The Morgan fingerprint density at radius 2 is 1.84 bits per heavy atom. The lowest BCUT2D eigenvalue weighted by molar-refractivity contribution is -0.116. The number of carbonyl (C=O) groups is 1. The van der Waals surface area contributed by atoms with E-state index in [1.807, 2.05) is 71.6 Å². The van der Waals surface area contributed by atoms with Gasteiger partial charge in [-0.1, -0.05) is 60.1 Å². The third-order valence-corrected chi connectivity index (χ3v) is 5.74. The number of rotatable bonds is 8. The second kappa shape index (κ2) is 11.1. The molecule has 7 heteroatoms. The molecule has 0 radical (unpaired) electrons. The highest BCUT2D eigenvalue weighted by Crippen LogP contribution is 2.24. The second-order valence-corrected chi connectivity index (χ2v) is 8.07. The zero-order valence-electron chi connectivity index (χ0n) is 17.9. The Bertz CT molecular complexity index is 1060. The van der Waals surface area contributed by atoms with Gasteiger partial charge < -0.3 is 10.1 Å². The van der Waals surface area contributed by atoms with Crippen LogP contribution in [-0.4, -0.2) is 60.0 Å². The lowest BCUT2D eigenvalue weighted by Crippen LogP contribution is -2.41. The minimum atomic E-state index is -0.115. The zero-order chi connectivity index (χ0) is 22.2. The van der Waals surface area contributed by atoms with Gasteiger partial charge in [0, 0.05) is 54.6 Å². The van der Waals surface area contributed by atoms with Gasteiger partial charge in [-0.15, -0.1) is 0 Å². The van der Waals surface area contributed by atoms with Crippen LogP contribution < -0.4 is 5.32 Å². The molecule has 32 heavy (non-hydrogen) atoms. The molecule has 3 aromatic rings. The predicted molar refractivity (Wildman–Crippen MR) is 128 cm³/mol. The first-order valence-corrected chi connectivity index (χ1v) is 11.2. The molecule has 0 unspecified atom stereocenters. The number of halogens is 1. The quantitative estimate of drug-likeness (QED) is 0.531. The van der Waals surface area contributed by atoms with Crippen molar-refractivity contribution in [1.29, 1.82) is 0 Å². The first-order chi connectivity index (χ1) is 15.7. The van der Waals surface area contributed by atoms with Crippen molar-refractivity contribution in [1.82, 2.24) is 20.0 Å². The van der Waals surface area contributed by atoms with Crippen LogP contribution in [0.25, 0.3) is 17.3 Å². The highest BCUT2D eigenvalue weighted by molar-refractivity contribution is 6.31. The third-order valence-electron chi connectivity index (χ3n) is 5.37. The van der Waals surface area contributed by atoms with Crippen LogP contribution in [0.1, 0.15) is 11.1 Å². The summed E-state index contributed by atoms with van der Waals surface area (Å²) in [5, 5.41) is 8.44. The topological polar surface area (TPSA) is 59.4 Å². The Morgan fingerprint density at radius 1 is 1.09 bits per heavy atom. The lowest BCUT2D eigenvalue weighted by Gasteiger charge is -2.26. The molecule has 0 spiro atoms. The van der Waals surface area contributed by atoms with E-state index in [0.717, 1.165) is 55.2 Å². The van der Waals surface area contributed by atoms with E-state index in [4.69, 9.17) is 21.4 Å². The van der Waals surface area contributed by atoms with E-state index >= 15 is 0 Å². The Labute approximate surface area is 193 Å². The molecule has 1 N–H and O–H groups in total. The Balaban J connectivity index is 1.45. The van der Waals surface area contributed by atoms with Gasteiger partial charge in [0.1, 0.15) is 0 Å². The van der Waals surface area contributed by atoms with E-state index in [0.29, 0.717) is 18.1 Å². The van der Waals surface area contributed by atoms with Gasteiger partial charge >= 0.3 is 0 Å². The molecule has 1 aliphatic rings.